The van der Waals surface area contributed by atoms with Crippen molar-refractivity contribution in [3.8, 4) is 22.4 Å². The highest BCUT2D eigenvalue weighted by molar-refractivity contribution is 6.08. The summed E-state index contributed by atoms with van der Waals surface area (Å²) in [6.07, 6.45) is -0.510. The van der Waals surface area contributed by atoms with E-state index in [2.05, 4.69) is 4.98 Å². The summed E-state index contributed by atoms with van der Waals surface area (Å²) in [6, 6.07) is 31.4. The van der Waals surface area contributed by atoms with Crippen LogP contribution in [0.1, 0.15) is 23.5 Å². The highest BCUT2D eigenvalue weighted by atomic mass is 16.3. The molecular formula is C31H23NO. The number of benzene rings is 4. The highest BCUT2D eigenvalue weighted by Crippen LogP contribution is 2.38. The smallest absolute Gasteiger partial charge is 0.135 e. The summed E-state index contributed by atoms with van der Waals surface area (Å²) in [4.78, 5) is 4.58. The SMILES string of the molecule is [2H]C([2H])([2H])c1cnc(-c2ccc3oc4ccccc4c3c2C([2H])([2H])c2ccccc2)cc1-c1ccccc1. The number of hydrogen-bond acceptors (Lipinski definition) is 2. The Hall–Kier alpha value is -4.17. The Balaban J connectivity index is 1.70. The zero-order valence-corrected chi connectivity index (χ0v) is 17.7. The van der Waals surface area contributed by atoms with Crippen molar-refractivity contribution in [2.75, 3.05) is 0 Å². The average Bonchev–Trinajstić information content (AvgIpc) is 3.31. The van der Waals surface area contributed by atoms with E-state index in [4.69, 9.17) is 8.53 Å². The van der Waals surface area contributed by atoms with Crippen LogP contribution >= 0.6 is 0 Å². The summed E-state index contributed by atoms with van der Waals surface area (Å²) in [5.41, 5.74) is 4.68. The fourth-order valence-electron chi connectivity index (χ4n) is 4.28. The summed E-state index contributed by atoms with van der Waals surface area (Å²) in [5.74, 6) is 0. The zero-order chi connectivity index (χ0) is 26.5. The molecule has 2 nitrogen and oxygen atoms in total. The first-order valence-electron chi connectivity index (χ1n) is 13.3. The van der Waals surface area contributed by atoms with Crippen LogP contribution in [0.15, 0.2) is 114 Å². The monoisotopic (exact) mass is 430 g/mol. The first kappa shape index (κ1) is 14.8. The number of aryl methyl sites for hydroxylation is 1. The molecule has 0 N–H and O–H groups in total. The van der Waals surface area contributed by atoms with Gasteiger partial charge in [-0.2, -0.15) is 0 Å². The van der Waals surface area contributed by atoms with Crippen molar-refractivity contribution >= 4 is 21.9 Å². The second-order valence-corrected chi connectivity index (χ2v) is 7.93. The van der Waals surface area contributed by atoms with E-state index < -0.39 is 13.2 Å². The van der Waals surface area contributed by atoms with E-state index in [0.29, 0.717) is 44.5 Å². The maximum absolute atomic E-state index is 9.36. The van der Waals surface area contributed by atoms with Gasteiger partial charge in [0, 0.05) is 29.4 Å². The van der Waals surface area contributed by atoms with E-state index in [-0.39, 0.29) is 5.56 Å². The molecule has 6 rings (SSSR count). The number of fused-ring (bicyclic) bond motifs is 3. The molecule has 33 heavy (non-hydrogen) atoms. The topological polar surface area (TPSA) is 26.0 Å². The Morgan fingerprint density at radius 2 is 1.55 bits per heavy atom. The van der Waals surface area contributed by atoms with Crippen LogP contribution in [0.2, 0.25) is 0 Å². The molecule has 0 atom stereocenters. The molecule has 0 saturated heterocycles. The molecule has 2 heteroatoms. The molecule has 4 aromatic carbocycles. The van der Waals surface area contributed by atoms with Gasteiger partial charge in [-0.1, -0.05) is 78.9 Å². The van der Waals surface area contributed by atoms with Crippen molar-refractivity contribution in [2.24, 2.45) is 0 Å². The summed E-state index contributed by atoms with van der Waals surface area (Å²) in [6.45, 7) is -2.36. The summed E-state index contributed by atoms with van der Waals surface area (Å²) < 4.78 is 49.1. The van der Waals surface area contributed by atoms with Gasteiger partial charge >= 0.3 is 0 Å². The molecule has 0 unspecified atom stereocenters. The van der Waals surface area contributed by atoms with Crippen LogP contribution < -0.4 is 0 Å². The van der Waals surface area contributed by atoms with Gasteiger partial charge in [0.2, 0.25) is 0 Å². The van der Waals surface area contributed by atoms with Gasteiger partial charge < -0.3 is 4.42 Å². The first-order chi connectivity index (χ1) is 18.2. The number of aromatic nitrogens is 1. The summed E-state index contributed by atoms with van der Waals surface area (Å²) >= 11 is 0. The molecule has 2 heterocycles. The molecule has 0 saturated carbocycles. The number of pyridine rings is 1. The number of hydrogen-bond donors (Lipinski definition) is 0. The largest absolute Gasteiger partial charge is 0.456 e. The normalized spacial score (nSPS) is 14.4. The van der Waals surface area contributed by atoms with Crippen molar-refractivity contribution in [1.82, 2.24) is 4.98 Å². The van der Waals surface area contributed by atoms with E-state index in [1.54, 1.807) is 18.2 Å². The van der Waals surface area contributed by atoms with Crippen molar-refractivity contribution < 1.29 is 11.3 Å². The van der Waals surface area contributed by atoms with Crippen molar-refractivity contribution in [3.05, 3.63) is 126 Å². The quantitative estimate of drug-likeness (QED) is 0.282. The minimum Gasteiger partial charge on any atom is -0.456 e. The molecule has 158 valence electrons. The molecule has 0 spiro atoms. The van der Waals surface area contributed by atoms with E-state index >= 15 is 0 Å². The lowest BCUT2D eigenvalue weighted by Crippen LogP contribution is -1.96. The number of furan rings is 1. The molecule has 0 amide bonds. The third kappa shape index (κ3) is 3.50. The Morgan fingerprint density at radius 1 is 0.788 bits per heavy atom. The third-order valence-electron chi connectivity index (χ3n) is 5.85. The van der Waals surface area contributed by atoms with Gasteiger partial charge in [-0.05, 0) is 65.3 Å². The van der Waals surface area contributed by atoms with Gasteiger partial charge in [0.05, 0.1) is 5.69 Å². The lowest BCUT2D eigenvalue weighted by atomic mass is 9.91. The van der Waals surface area contributed by atoms with Gasteiger partial charge in [0.15, 0.2) is 0 Å². The van der Waals surface area contributed by atoms with E-state index in [1.165, 1.54) is 6.20 Å². The molecule has 0 fully saturated rings. The lowest BCUT2D eigenvalue weighted by molar-refractivity contribution is 0.669. The van der Waals surface area contributed by atoms with Crippen molar-refractivity contribution in [3.63, 3.8) is 0 Å². The van der Waals surface area contributed by atoms with E-state index in [1.807, 2.05) is 84.9 Å². The lowest BCUT2D eigenvalue weighted by Gasteiger charge is -2.14. The molecule has 0 radical (unpaired) electrons. The third-order valence-corrected chi connectivity index (χ3v) is 5.85. The maximum atomic E-state index is 9.36. The molecule has 0 aliphatic heterocycles. The second kappa shape index (κ2) is 8.07. The number of para-hydroxylation sites is 1. The highest BCUT2D eigenvalue weighted by Gasteiger charge is 2.18. The first-order valence-corrected chi connectivity index (χ1v) is 10.8. The minimum absolute atomic E-state index is 0.148. The van der Waals surface area contributed by atoms with Gasteiger partial charge in [0.25, 0.3) is 0 Å². The molecule has 0 aliphatic carbocycles. The Bertz CT molecular complexity index is 1770. The minimum atomic E-state index is -2.36. The van der Waals surface area contributed by atoms with Crippen molar-refractivity contribution in [2.45, 2.75) is 13.2 Å². The number of nitrogens with zero attached hydrogens (tertiary/aromatic N) is 1. The Kier molecular flexibility index (Phi) is 3.62. The maximum Gasteiger partial charge on any atom is 0.135 e. The van der Waals surface area contributed by atoms with Gasteiger partial charge in [-0.15, -0.1) is 0 Å². The van der Waals surface area contributed by atoms with Crippen LogP contribution in [0.5, 0.6) is 0 Å². The summed E-state index contributed by atoms with van der Waals surface area (Å²) in [5, 5.41) is 1.48. The molecular weight excluding hydrogens is 402 g/mol. The van der Waals surface area contributed by atoms with Crippen LogP contribution in [0.25, 0.3) is 44.3 Å². The number of rotatable bonds is 4. The van der Waals surface area contributed by atoms with Gasteiger partial charge in [-0.3, -0.25) is 4.98 Å². The van der Waals surface area contributed by atoms with Crippen LogP contribution in [0.3, 0.4) is 0 Å². The van der Waals surface area contributed by atoms with E-state index in [0.717, 1.165) is 10.9 Å². The molecule has 0 aliphatic rings. The standard InChI is InChI=1S/C31H23NO/c1-21-20-32-28(19-26(21)23-12-6-3-7-13-23)24-16-17-30-31(25-14-8-9-15-29(25)33-30)27(24)18-22-10-4-2-5-11-22/h2-17,19-20H,18H2,1H3/i1D3,18D2. The fraction of sp³-hybridized carbons (Fsp3) is 0.0645. The predicted molar refractivity (Wildman–Crippen MR) is 136 cm³/mol. The van der Waals surface area contributed by atoms with Gasteiger partial charge in [-0.25, -0.2) is 0 Å². The van der Waals surface area contributed by atoms with Crippen LogP contribution in [0.4, 0.5) is 0 Å². The van der Waals surface area contributed by atoms with Crippen LogP contribution in [-0.2, 0) is 6.37 Å². The zero-order valence-electron chi connectivity index (χ0n) is 22.7. The van der Waals surface area contributed by atoms with E-state index in [9.17, 15) is 2.74 Å². The molecule has 6 aromatic rings. The second-order valence-electron chi connectivity index (χ2n) is 7.93. The average molecular weight is 431 g/mol. The molecule has 2 aromatic heterocycles. The Labute approximate surface area is 200 Å². The fourth-order valence-corrected chi connectivity index (χ4v) is 4.28. The summed E-state index contributed by atoms with van der Waals surface area (Å²) in [7, 11) is 0. The predicted octanol–water partition coefficient (Wildman–Crippen LogP) is 8.21. The molecule has 0 bridgehead atoms. The van der Waals surface area contributed by atoms with Crippen LogP contribution in [0, 0.1) is 6.85 Å². The van der Waals surface area contributed by atoms with Gasteiger partial charge in [0.1, 0.15) is 11.2 Å². The van der Waals surface area contributed by atoms with Crippen molar-refractivity contribution in [1.29, 1.82) is 0 Å². The van der Waals surface area contributed by atoms with Crippen LogP contribution in [-0.4, -0.2) is 4.98 Å². The Morgan fingerprint density at radius 3 is 2.36 bits per heavy atom.